The van der Waals surface area contributed by atoms with Gasteiger partial charge in [-0.1, -0.05) is 20.8 Å². The van der Waals surface area contributed by atoms with Crippen LogP contribution in [-0.4, -0.2) is 9.97 Å². The first kappa shape index (κ1) is 11.9. The van der Waals surface area contributed by atoms with Gasteiger partial charge in [-0.05, 0) is 19.3 Å². The first-order valence-electron chi connectivity index (χ1n) is 5.44. The summed E-state index contributed by atoms with van der Waals surface area (Å²) in [6, 6.07) is 0. The molecule has 4 heteroatoms. The van der Waals surface area contributed by atoms with E-state index in [0.717, 1.165) is 35.7 Å². The lowest BCUT2D eigenvalue weighted by Crippen LogP contribution is -2.15. The van der Waals surface area contributed by atoms with Crippen molar-refractivity contribution in [2.45, 2.75) is 46.5 Å². The number of nitrogens with two attached hydrogens (primary N) is 1. The zero-order valence-corrected chi connectivity index (χ0v) is 9.96. The molecule has 0 radical (unpaired) electrons. The van der Waals surface area contributed by atoms with Crippen LogP contribution in [0.2, 0.25) is 0 Å². The van der Waals surface area contributed by atoms with Crippen molar-refractivity contribution in [3.63, 3.8) is 0 Å². The molecule has 0 saturated carbocycles. The van der Waals surface area contributed by atoms with Gasteiger partial charge in [-0.3, -0.25) is 0 Å². The average molecular weight is 208 g/mol. The van der Waals surface area contributed by atoms with Crippen molar-refractivity contribution in [3.8, 4) is 0 Å². The zero-order valence-electron chi connectivity index (χ0n) is 9.96. The quantitative estimate of drug-likeness (QED) is 0.588. The highest BCUT2D eigenvalue weighted by atomic mass is 15.3. The third-order valence-electron chi connectivity index (χ3n) is 2.37. The van der Waals surface area contributed by atoms with E-state index >= 15 is 0 Å². The number of nitrogens with zero attached hydrogens (tertiary/aromatic N) is 2. The third kappa shape index (κ3) is 2.65. The van der Waals surface area contributed by atoms with E-state index in [9.17, 15) is 0 Å². The molecule has 0 saturated heterocycles. The maximum atomic E-state index is 5.48. The molecule has 0 aliphatic carbocycles. The molecule has 0 aromatic carbocycles. The van der Waals surface area contributed by atoms with Gasteiger partial charge in [0.15, 0.2) is 0 Å². The number of nitrogen functional groups attached to an aromatic ring is 1. The molecule has 4 nitrogen and oxygen atoms in total. The first-order valence-corrected chi connectivity index (χ1v) is 5.44. The summed E-state index contributed by atoms with van der Waals surface area (Å²) in [5, 5.41) is 0. The van der Waals surface area contributed by atoms with Crippen LogP contribution in [0, 0.1) is 6.92 Å². The predicted molar refractivity (Wildman–Crippen MR) is 62.7 cm³/mol. The van der Waals surface area contributed by atoms with Gasteiger partial charge in [0.2, 0.25) is 0 Å². The lowest BCUT2D eigenvalue weighted by Gasteiger charge is -2.15. The van der Waals surface area contributed by atoms with Gasteiger partial charge in [0, 0.05) is 17.7 Å². The predicted octanol–water partition coefficient (Wildman–Crippen LogP) is 2.15. The number of aromatic nitrogens is 2. The smallest absolute Gasteiger partial charge is 0.147 e. The second-order valence-electron chi connectivity index (χ2n) is 4.04. The maximum absolute atomic E-state index is 5.48. The van der Waals surface area contributed by atoms with Gasteiger partial charge in [-0.15, -0.1) is 0 Å². The molecule has 15 heavy (non-hydrogen) atoms. The molecule has 0 bridgehead atoms. The molecule has 0 spiro atoms. The van der Waals surface area contributed by atoms with E-state index in [-0.39, 0.29) is 0 Å². The van der Waals surface area contributed by atoms with Gasteiger partial charge < -0.3 is 5.43 Å². The summed E-state index contributed by atoms with van der Waals surface area (Å²) in [6.45, 7) is 8.36. The Morgan fingerprint density at radius 2 is 2.00 bits per heavy atom. The standard InChI is InChI=1S/C11H20N4/c1-5-6-9-13-8(4)10(7(2)3)11(14-9)15-12/h7H,5-6,12H2,1-4H3,(H,13,14,15). The largest absolute Gasteiger partial charge is 0.308 e. The number of nitrogens with one attached hydrogen (secondary N) is 1. The molecule has 1 aromatic heterocycles. The normalized spacial score (nSPS) is 10.8. The fourth-order valence-electron chi connectivity index (χ4n) is 1.78. The van der Waals surface area contributed by atoms with Crippen LogP contribution >= 0.6 is 0 Å². The SMILES string of the molecule is CCCc1nc(C)c(C(C)C)c(NN)n1. The van der Waals surface area contributed by atoms with Gasteiger partial charge in [0.05, 0.1) is 0 Å². The first-order chi connectivity index (χ1) is 7.10. The van der Waals surface area contributed by atoms with E-state index in [1.807, 2.05) is 6.92 Å². The molecule has 1 rings (SSSR count). The summed E-state index contributed by atoms with van der Waals surface area (Å²) in [7, 11) is 0. The molecule has 1 aromatic rings. The van der Waals surface area contributed by atoms with Crippen molar-refractivity contribution < 1.29 is 0 Å². The molecule has 0 aliphatic rings. The van der Waals surface area contributed by atoms with E-state index < -0.39 is 0 Å². The topological polar surface area (TPSA) is 63.8 Å². The summed E-state index contributed by atoms with van der Waals surface area (Å²) in [5.41, 5.74) is 4.80. The van der Waals surface area contributed by atoms with Crippen LogP contribution in [0.25, 0.3) is 0 Å². The van der Waals surface area contributed by atoms with Gasteiger partial charge in [0.1, 0.15) is 11.6 Å². The Balaban J connectivity index is 3.18. The molecular formula is C11H20N4. The van der Waals surface area contributed by atoms with Gasteiger partial charge in [-0.2, -0.15) is 0 Å². The third-order valence-corrected chi connectivity index (χ3v) is 2.37. The Labute approximate surface area is 91.3 Å². The molecule has 84 valence electrons. The summed E-state index contributed by atoms with van der Waals surface area (Å²) >= 11 is 0. The molecule has 0 fully saturated rings. The average Bonchev–Trinajstić information content (AvgIpc) is 2.16. The van der Waals surface area contributed by atoms with Crippen LogP contribution in [-0.2, 0) is 6.42 Å². The minimum atomic E-state index is 0.381. The number of hydrogen-bond donors (Lipinski definition) is 2. The van der Waals surface area contributed by atoms with E-state index in [0.29, 0.717) is 5.92 Å². The van der Waals surface area contributed by atoms with Crippen LogP contribution in [0.5, 0.6) is 0 Å². The Hall–Kier alpha value is -1.16. The highest BCUT2D eigenvalue weighted by molar-refractivity contribution is 5.47. The summed E-state index contributed by atoms with van der Waals surface area (Å²) in [6.07, 6.45) is 1.94. The molecular weight excluding hydrogens is 188 g/mol. The van der Waals surface area contributed by atoms with E-state index in [1.54, 1.807) is 0 Å². The van der Waals surface area contributed by atoms with Crippen molar-refractivity contribution in [2.75, 3.05) is 5.43 Å². The van der Waals surface area contributed by atoms with Crippen LogP contribution in [0.4, 0.5) is 5.82 Å². The highest BCUT2D eigenvalue weighted by Gasteiger charge is 2.13. The zero-order chi connectivity index (χ0) is 11.4. The lowest BCUT2D eigenvalue weighted by molar-refractivity contribution is 0.782. The van der Waals surface area contributed by atoms with Crippen LogP contribution < -0.4 is 11.3 Å². The minimum absolute atomic E-state index is 0.381. The molecule has 0 aliphatic heterocycles. The van der Waals surface area contributed by atoms with Crippen LogP contribution in [0.3, 0.4) is 0 Å². The number of rotatable bonds is 4. The molecule has 1 heterocycles. The van der Waals surface area contributed by atoms with Crippen molar-refractivity contribution >= 4 is 5.82 Å². The lowest BCUT2D eigenvalue weighted by atomic mass is 10.0. The van der Waals surface area contributed by atoms with E-state index in [2.05, 4.69) is 36.2 Å². The van der Waals surface area contributed by atoms with Crippen molar-refractivity contribution in [3.05, 3.63) is 17.1 Å². The van der Waals surface area contributed by atoms with Crippen LogP contribution in [0.1, 0.15) is 50.2 Å². The number of aryl methyl sites for hydroxylation is 2. The van der Waals surface area contributed by atoms with Crippen LogP contribution in [0.15, 0.2) is 0 Å². The Morgan fingerprint density at radius 1 is 1.33 bits per heavy atom. The molecule has 0 atom stereocenters. The summed E-state index contributed by atoms with van der Waals surface area (Å²) < 4.78 is 0. The molecule has 0 amide bonds. The number of hydrogen-bond acceptors (Lipinski definition) is 4. The number of anilines is 1. The monoisotopic (exact) mass is 208 g/mol. The molecule has 0 unspecified atom stereocenters. The van der Waals surface area contributed by atoms with Gasteiger partial charge >= 0.3 is 0 Å². The Kier molecular flexibility index (Phi) is 4.03. The maximum Gasteiger partial charge on any atom is 0.147 e. The Bertz CT molecular complexity index is 334. The van der Waals surface area contributed by atoms with E-state index in [1.165, 1.54) is 0 Å². The highest BCUT2D eigenvalue weighted by Crippen LogP contribution is 2.24. The second kappa shape index (κ2) is 5.07. The fourth-order valence-corrected chi connectivity index (χ4v) is 1.78. The van der Waals surface area contributed by atoms with E-state index in [4.69, 9.17) is 5.84 Å². The van der Waals surface area contributed by atoms with Crippen molar-refractivity contribution in [1.82, 2.24) is 9.97 Å². The number of hydrazine groups is 1. The fraction of sp³-hybridized carbons (Fsp3) is 0.636. The summed E-state index contributed by atoms with van der Waals surface area (Å²) in [4.78, 5) is 8.90. The van der Waals surface area contributed by atoms with Crippen molar-refractivity contribution in [1.29, 1.82) is 0 Å². The van der Waals surface area contributed by atoms with Gasteiger partial charge in [-0.25, -0.2) is 15.8 Å². The molecule has 3 N–H and O–H groups in total. The van der Waals surface area contributed by atoms with Gasteiger partial charge in [0.25, 0.3) is 0 Å². The van der Waals surface area contributed by atoms with Crippen molar-refractivity contribution in [2.24, 2.45) is 5.84 Å². The summed E-state index contributed by atoms with van der Waals surface area (Å²) in [5.74, 6) is 7.50. The second-order valence-corrected chi connectivity index (χ2v) is 4.04. The Morgan fingerprint density at radius 3 is 2.47 bits per heavy atom. The minimum Gasteiger partial charge on any atom is -0.308 e.